The lowest BCUT2D eigenvalue weighted by atomic mass is 9.69. The third kappa shape index (κ3) is 3.88. The average molecular weight is 372 g/mol. The number of unbranched alkanes of at least 4 members (excludes halogenated alkanes) is 1. The van der Waals surface area contributed by atoms with Crippen molar-refractivity contribution < 1.29 is 14.6 Å². The van der Waals surface area contributed by atoms with Crippen LogP contribution in [-0.4, -0.2) is 49.0 Å². The van der Waals surface area contributed by atoms with Crippen molar-refractivity contribution in [3.8, 4) is 11.5 Å². The first-order valence-electron chi connectivity index (χ1n) is 10.6. The highest BCUT2D eigenvalue weighted by Gasteiger charge is 2.48. The summed E-state index contributed by atoms with van der Waals surface area (Å²) in [6.07, 6.45) is 10.5. The van der Waals surface area contributed by atoms with E-state index in [0.717, 1.165) is 62.9 Å². The Kier molecular flexibility index (Phi) is 5.47. The van der Waals surface area contributed by atoms with Crippen LogP contribution in [0.25, 0.3) is 0 Å². The predicted molar refractivity (Wildman–Crippen MR) is 108 cm³/mol. The summed E-state index contributed by atoms with van der Waals surface area (Å²) in [5.41, 5.74) is 1.25. The molecule has 0 spiro atoms. The zero-order valence-electron chi connectivity index (χ0n) is 16.7. The van der Waals surface area contributed by atoms with Gasteiger partial charge in [0.2, 0.25) is 0 Å². The molecule has 0 bridgehead atoms. The molecule has 0 unspecified atom stereocenters. The van der Waals surface area contributed by atoms with Crippen LogP contribution in [0.15, 0.2) is 30.4 Å². The molecule has 4 heteroatoms. The van der Waals surface area contributed by atoms with E-state index in [2.05, 4.69) is 43.1 Å². The fraction of sp³-hybridized carbons (Fsp3) is 0.652. The van der Waals surface area contributed by atoms with Crippen LogP contribution in [0.3, 0.4) is 0 Å². The van der Waals surface area contributed by atoms with Crippen molar-refractivity contribution >= 4 is 0 Å². The molecule has 4 nitrogen and oxygen atoms in total. The molecule has 27 heavy (non-hydrogen) atoms. The molecular formula is C23H33NO3. The van der Waals surface area contributed by atoms with Gasteiger partial charge in [0, 0.05) is 11.5 Å². The Morgan fingerprint density at radius 2 is 2.07 bits per heavy atom. The van der Waals surface area contributed by atoms with Crippen molar-refractivity contribution in [3.05, 3.63) is 35.9 Å². The monoisotopic (exact) mass is 371 g/mol. The fourth-order valence-electron chi connectivity index (χ4n) is 4.53. The summed E-state index contributed by atoms with van der Waals surface area (Å²) in [4.78, 5) is 2.39. The van der Waals surface area contributed by atoms with Gasteiger partial charge in [0.25, 0.3) is 0 Å². The maximum atomic E-state index is 10.1. The minimum absolute atomic E-state index is 0.0358. The summed E-state index contributed by atoms with van der Waals surface area (Å²) >= 11 is 0. The zero-order chi connectivity index (χ0) is 18.9. The number of fused-ring (bicyclic) bond motifs is 1. The SMILES string of the molecule is CCCCOc1cc([C@@]23C=C[C@@H](O)C[C@@H]2N(C)CC3)ccc1OCC1CC1. The number of hydrogen-bond donors (Lipinski definition) is 1. The number of benzene rings is 1. The topological polar surface area (TPSA) is 41.9 Å². The first-order valence-corrected chi connectivity index (χ1v) is 10.6. The van der Waals surface area contributed by atoms with Crippen LogP contribution in [0.4, 0.5) is 0 Å². The third-order valence-electron chi connectivity index (χ3n) is 6.49. The van der Waals surface area contributed by atoms with Crippen LogP contribution in [0.5, 0.6) is 11.5 Å². The minimum Gasteiger partial charge on any atom is -0.490 e. The molecule has 4 rings (SSSR count). The van der Waals surface area contributed by atoms with Crippen molar-refractivity contribution in [2.45, 2.75) is 63.0 Å². The molecule has 1 saturated heterocycles. The lowest BCUT2D eigenvalue weighted by molar-refractivity contribution is 0.137. The zero-order valence-corrected chi connectivity index (χ0v) is 16.7. The van der Waals surface area contributed by atoms with Gasteiger partial charge in [-0.2, -0.15) is 0 Å². The van der Waals surface area contributed by atoms with E-state index in [1.165, 1.54) is 18.4 Å². The largest absolute Gasteiger partial charge is 0.490 e. The molecule has 3 aliphatic rings. The van der Waals surface area contributed by atoms with Gasteiger partial charge < -0.3 is 19.5 Å². The van der Waals surface area contributed by atoms with Crippen LogP contribution in [0, 0.1) is 5.92 Å². The summed E-state index contributed by atoms with van der Waals surface area (Å²) in [5.74, 6) is 2.48. The first kappa shape index (κ1) is 18.8. The standard InChI is InChI=1S/C23H33NO3/c1-3-4-13-26-21-14-18(7-8-20(21)27-16-17-5-6-17)23-10-9-19(25)15-22(23)24(2)12-11-23/h7-10,14,17,19,22,25H,3-6,11-13,15-16H2,1-2H3/t19-,22+,23+/m1/s1. The number of nitrogens with zero attached hydrogens (tertiary/aromatic N) is 1. The summed E-state index contributed by atoms with van der Waals surface area (Å²) in [6, 6.07) is 6.84. The molecule has 2 fully saturated rings. The van der Waals surface area contributed by atoms with E-state index in [1.807, 2.05) is 6.08 Å². The van der Waals surface area contributed by atoms with Crippen LogP contribution >= 0.6 is 0 Å². The van der Waals surface area contributed by atoms with E-state index in [-0.39, 0.29) is 11.5 Å². The van der Waals surface area contributed by atoms with Crippen molar-refractivity contribution in [2.75, 3.05) is 26.8 Å². The Bertz CT molecular complexity index is 684. The molecule has 1 heterocycles. The van der Waals surface area contributed by atoms with Crippen molar-refractivity contribution in [1.29, 1.82) is 0 Å². The normalized spacial score (nSPS) is 30.3. The molecule has 1 saturated carbocycles. The number of hydrogen-bond acceptors (Lipinski definition) is 4. The van der Waals surface area contributed by atoms with E-state index in [1.54, 1.807) is 0 Å². The average Bonchev–Trinajstić information content (AvgIpc) is 3.45. The molecule has 0 radical (unpaired) electrons. The Hall–Kier alpha value is -1.52. The van der Waals surface area contributed by atoms with Crippen LogP contribution < -0.4 is 9.47 Å². The summed E-state index contributed by atoms with van der Waals surface area (Å²) < 4.78 is 12.2. The van der Waals surface area contributed by atoms with E-state index in [0.29, 0.717) is 6.04 Å². The Balaban J connectivity index is 1.63. The highest BCUT2D eigenvalue weighted by Crippen LogP contribution is 2.47. The number of likely N-dealkylation sites (N-methyl/N-ethyl adjacent to an activating group) is 1. The van der Waals surface area contributed by atoms with Crippen LogP contribution in [0.1, 0.15) is 51.0 Å². The lowest BCUT2D eigenvalue weighted by Crippen LogP contribution is -2.44. The Labute approximate surface area is 163 Å². The lowest BCUT2D eigenvalue weighted by Gasteiger charge is -2.39. The quantitative estimate of drug-likeness (QED) is 0.556. The number of rotatable bonds is 8. The molecule has 0 aromatic heterocycles. The number of aliphatic hydroxyl groups is 1. The van der Waals surface area contributed by atoms with Crippen LogP contribution in [-0.2, 0) is 5.41 Å². The molecule has 1 aromatic carbocycles. The number of aliphatic hydroxyl groups excluding tert-OH is 1. The summed E-state index contributed by atoms with van der Waals surface area (Å²) in [5, 5.41) is 10.1. The van der Waals surface area contributed by atoms with Crippen molar-refractivity contribution in [1.82, 2.24) is 4.90 Å². The maximum absolute atomic E-state index is 10.1. The number of likely N-dealkylation sites (tertiary alicyclic amines) is 1. The van der Waals surface area contributed by atoms with Gasteiger partial charge in [-0.25, -0.2) is 0 Å². The number of ether oxygens (including phenoxy) is 2. The van der Waals surface area contributed by atoms with Gasteiger partial charge in [-0.05, 0) is 69.3 Å². The van der Waals surface area contributed by atoms with Crippen LogP contribution in [0.2, 0.25) is 0 Å². The smallest absolute Gasteiger partial charge is 0.161 e. The first-order chi connectivity index (χ1) is 13.1. The van der Waals surface area contributed by atoms with E-state index in [9.17, 15) is 5.11 Å². The molecule has 1 aromatic rings. The fourth-order valence-corrected chi connectivity index (χ4v) is 4.53. The maximum Gasteiger partial charge on any atom is 0.161 e. The second-order valence-corrected chi connectivity index (χ2v) is 8.57. The third-order valence-corrected chi connectivity index (χ3v) is 6.49. The van der Waals surface area contributed by atoms with Gasteiger partial charge in [0.1, 0.15) is 0 Å². The summed E-state index contributed by atoms with van der Waals surface area (Å²) in [6.45, 7) is 4.75. The molecule has 1 N–H and O–H groups in total. The van der Waals surface area contributed by atoms with E-state index >= 15 is 0 Å². The summed E-state index contributed by atoms with van der Waals surface area (Å²) in [7, 11) is 2.17. The second kappa shape index (κ2) is 7.84. The van der Waals surface area contributed by atoms with Gasteiger partial charge in [-0.1, -0.05) is 31.6 Å². The Morgan fingerprint density at radius 3 is 2.85 bits per heavy atom. The molecule has 3 atom stereocenters. The van der Waals surface area contributed by atoms with E-state index in [4.69, 9.17) is 9.47 Å². The van der Waals surface area contributed by atoms with Gasteiger partial charge in [-0.3, -0.25) is 0 Å². The molecular weight excluding hydrogens is 338 g/mol. The van der Waals surface area contributed by atoms with Crippen molar-refractivity contribution in [2.24, 2.45) is 5.92 Å². The molecule has 0 amide bonds. The van der Waals surface area contributed by atoms with Gasteiger partial charge >= 0.3 is 0 Å². The molecule has 2 aliphatic carbocycles. The molecule has 148 valence electrons. The highest BCUT2D eigenvalue weighted by molar-refractivity contribution is 5.49. The highest BCUT2D eigenvalue weighted by atomic mass is 16.5. The van der Waals surface area contributed by atoms with Crippen molar-refractivity contribution in [3.63, 3.8) is 0 Å². The minimum atomic E-state index is -0.343. The molecule has 1 aliphatic heterocycles. The van der Waals surface area contributed by atoms with E-state index < -0.39 is 0 Å². The Morgan fingerprint density at radius 1 is 1.22 bits per heavy atom. The second-order valence-electron chi connectivity index (χ2n) is 8.57. The van der Waals surface area contributed by atoms with Gasteiger partial charge in [0.05, 0.1) is 19.3 Å². The van der Waals surface area contributed by atoms with Gasteiger partial charge in [0.15, 0.2) is 11.5 Å². The van der Waals surface area contributed by atoms with Gasteiger partial charge in [-0.15, -0.1) is 0 Å². The predicted octanol–water partition coefficient (Wildman–Crippen LogP) is 3.92.